The second kappa shape index (κ2) is 16.0. The van der Waals surface area contributed by atoms with Gasteiger partial charge in [-0.1, -0.05) is 57.5 Å². The molecule has 2 saturated heterocycles. The Balaban J connectivity index is 1.29. The third-order valence-corrected chi connectivity index (χ3v) is 11.8. The van der Waals surface area contributed by atoms with Gasteiger partial charge in [0.2, 0.25) is 0 Å². The van der Waals surface area contributed by atoms with Gasteiger partial charge < -0.3 is 44.6 Å². The van der Waals surface area contributed by atoms with E-state index < -0.39 is 53.8 Å². The Labute approximate surface area is 332 Å². The molecule has 8 unspecified atom stereocenters. The number of aliphatic hydroxyl groups is 2. The van der Waals surface area contributed by atoms with Gasteiger partial charge in [0, 0.05) is 46.6 Å². The summed E-state index contributed by atoms with van der Waals surface area (Å²) in [7, 11) is 0. The lowest BCUT2D eigenvalue weighted by Gasteiger charge is -2.50. The fourth-order valence-corrected chi connectivity index (χ4v) is 8.42. The summed E-state index contributed by atoms with van der Waals surface area (Å²) in [6, 6.07) is 6.99. The maximum atomic E-state index is 14.9. The first-order valence-electron chi connectivity index (χ1n) is 19.7. The van der Waals surface area contributed by atoms with E-state index in [9.17, 15) is 24.9 Å². The van der Waals surface area contributed by atoms with Crippen molar-refractivity contribution in [2.24, 2.45) is 11.3 Å². The van der Waals surface area contributed by atoms with Crippen molar-refractivity contribution in [3.8, 4) is 29.4 Å². The Morgan fingerprint density at radius 1 is 1.18 bits per heavy atom. The summed E-state index contributed by atoms with van der Waals surface area (Å²) >= 11 is 0. The first-order valence-corrected chi connectivity index (χ1v) is 19.7. The molecule has 2 bridgehead atoms. The molecule has 0 spiro atoms. The van der Waals surface area contributed by atoms with Crippen LogP contribution in [0.25, 0.3) is 21.8 Å². The smallest absolute Gasteiger partial charge is 0.194 e. The zero-order valence-electron chi connectivity index (χ0n) is 33.4. The summed E-state index contributed by atoms with van der Waals surface area (Å²) in [5.41, 5.74) is -1.01. The lowest BCUT2D eigenvalue weighted by molar-refractivity contribution is -0.337. The minimum Gasteiger partial charge on any atom is -0.508 e. The number of benzene rings is 1. The molecule has 2 fully saturated rings. The van der Waals surface area contributed by atoms with Crippen molar-refractivity contribution >= 4 is 33.4 Å². The molecule has 12 nitrogen and oxygen atoms in total. The van der Waals surface area contributed by atoms with Crippen molar-refractivity contribution in [2.75, 3.05) is 6.61 Å². The number of aromatic nitrogens is 2. The fraction of sp³-hybridized carbons (Fsp3) is 0.489. The van der Waals surface area contributed by atoms with Gasteiger partial charge in [-0.3, -0.25) is 14.6 Å². The third kappa shape index (κ3) is 7.48. The highest BCUT2D eigenvalue weighted by molar-refractivity contribution is 6.16. The number of phenols is 1. The minimum absolute atomic E-state index is 0.0796. The molecule has 10 atom stereocenters. The molecule has 0 radical (unpaired) electrons. The van der Waals surface area contributed by atoms with Crippen molar-refractivity contribution in [3.05, 3.63) is 71.1 Å². The maximum Gasteiger partial charge on any atom is 0.194 e. The molecule has 1 aromatic carbocycles. The molecule has 57 heavy (non-hydrogen) atoms. The van der Waals surface area contributed by atoms with E-state index in [-0.39, 0.29) is 41.6 Å². The summed E-state index contributed by atoms with van der Waals surface area (Å²) in [6.07, 6.45) is 0.127. The van der Waals surface area contributed by atoms with Gasteiger partial charge >= 0.3 is 0 Å². The van der Waals surface area contributed by atoms with Crippen LogP contribution >= 0.6 is 0 Å². The van der Waals surface area contributed by atoms with Gasteiger partial charge in [0.25, 0.3) is 0 Å². The molecule has 12 heteroatoms. The number of aliphatic hydroxyl groups excluding tert-OH is 1. The number of aromatic amines is 1. The van der Waals surface area contributed by atoms with Crippen LogP contribution in [0.5, 0.6) is 5.75 Å². The van der Waals surface area contributed by atoms with Gasteiger partial charge in [-0.15, -0.1) is 0 Å². The number of carbonyl (C=O) groups is 2. The second-order valence-electron chi connectivity index (χ2n) is 16.1. The number of Topliss-reactive ketones (excluding diaryl/α,β-unsaturated/α-hetero) is 2. The molecular formula is C45H51N3O9. The van der Waals surface area contributed by atoms with E-state index in [2.05, 4.69) is 59.7 Å². The number of nitrogens with zero attached hydrogens (tertiary/aromatic N) is 1. The van der Waals surface area contributed by atoms with Crippen LogP contribution in [-0.2, 0) is 23.7 Å². The number of fused-ring (bicyclic) bond motifs is 5. The number of carbonyl (C=O) groups excluding carboxylic acids is 2. The molecule has 300 valence electrons. The molecule has 4 aliphatic rings. The number of pyridine rings is 1. The number of hydrogen-bond acceptors (Lipinski definition) is 11. The van der Waals surface area contributed by atoms with E-state index in [1.165, 1.54) is 18.3 Å². The number of H-pyrrole nitrogens is 1. The van der Waals surface area contributed by atoms with Crippen molar-refractivity contribution < 1.29 is 43.9 Å². The van der Waals surface area contributed by atoms with Gasteiger partial charge in [0.05, 0.1) is 30.1 Å². The highest BCUT2D eigenvalue weighted by atomic mass is 16.7. The van der Waals surface area contributed by atoms with Crippen molar-refractivity contribution in [1.29, 1.82) is 0 Å². The molecule has 0 saturated carbocycles. The first-order chi connectivity index (χ1) is 27.2. The molecule has 0 amide bonds. The van der Waals surface area contributed by atoms with Crippen LogP contribution in [0.1, 0.15) is 78.2 Å². The third-order valence-electron chi connectivity index (χ3n) is 11.8. The van der Waals surface area contributed by atoms with Crippen LogP contribution in [0.3, 0.4) is 0 Å². The first kappa shape index (κ1) is 40.6. The topological polar surface area (TPSA) is 172 Å². The molecule has 5 N–H and O–H groups in total. The number of rotatable bonds is 9. The lowest BCUT2D eigenvalue weighted by atomic mass is 9.70. The summed E-state index contributed by atoms with van der Waals surface area (Å²) in [5.74, 6) is 11.2. The van der Waals surface area contributed by atoms with Gasteiger partial charge in [-0.2, -0.15) is 0 Å². The molecule has 4 heterocycles. The monoisotopic (exact) mass is 777 g/mol. The number of phenolic OH excluding ortho intramolecular Hbond substituents is 1. The number of hydrogen-bond donors (Lipinski definition) is 5. The van der Waals surface area contributed by atoms with Gasteiger partial charge in [0.1, 0.15) is 29.8 Å². The molecular weight excluding hydrogens is 727 g/mol. The van der Waals surface area contributed by atoms with E-state index in [1.807, 2.05) is 13.0 Å². The highest BCUT2D eigenvalue weighted by Gasteiger charge is 2.59. The zero-order chi connectivity index (χ0) is 40.8. The fourth-order valence-electron chi connectivity index (χ4n) is 8.42. The van der Waals surface area contributed by atoms with Crippen molar-refractivity contribution in [2.45, 2.75) is 122 Å². The second-order valence-corrected chi connectivity index (χ2v) is 16.1. The van der Waals surface area contributed by atoms with E-state index in [4.69, 9.17) is 18.9 Å². The Morgan fingerprint density at radius 2 is 1.95 bits per heavy atom. The molecule has 2 aliphatic carbocycles. The molecule has 2 aliphatic heterocycles. The summed E-state index contributed by atoms with van der Waals surface area (Å²) in [5, 5.41) is 39.6. The Hall–Kier alpha value is -4.63. The average Bonchev–Trinajstić information content (AvgIpc) is 3.54. The van der Waals surface area contributed by atoms with Gasteiger partial charge in [-0.25, -0.2) is 0 Å². The maximum absolute atomic E-state index is 14.9. The summed E-state index contributed by atoms with van der Waals surface area (Å²) in [6.45, 7) is 13.5. The van der Waals surface area contributed by atoms with Gasteiger partial charge in [-0.05, 0) is 80.7 Å². The minimum atomic E-state index is -1.78. The number of aromatic hydroxyl groups is 1. The zero-order valence-corrected chi connectivity index (χ0v) is 33.4. The number of ether oxygens (including phenoxy) is 4. The summed E-state index contributed by atoms with van der Waals surface area (Å²) in [4.78, 5) is 36.2. The Bertz CT molecular complexity index is 2300. The van der Waals surface area contributed by atoms with Crippen molar-refractivity contribution in [1.82, 2.24) is 15.3 Å². The van der Waals surface area contributed by atoms with Crippen LogP contribution in [0.2, 0.25) is 0 Å². The van der Waals surface area contributed by atoms with Gasteiger partial charge in [0.15, 0.2) is 29.7 Å². The quantitative estimate of drug-likeness (QED) is 0.143. The standard InChI is InChI=1S/C45H51N3O9/c1-8-13-31-37-26(5)34(50)22-45(31,53)18-12-10-9-11-14-35(37)56-43-40(57-36-20-25(4)33(23-54-36)47-24(2)3)42(52)44(7,27(6)55-43)41(51)39-38-29(17-19-46-39)30-21-28(49)15-16-32(30)48-38/h9-10,13,15-17,19,21,24-25,27,33,35-36,40,42-43,47-49,52-53H,8,20,22-23H2,1-7H3/b10-9-,31-13+/t25?,27?,33?,35-,36?,40?,42?,43?,44?,45-/m0/s1. The normalized spacial score (nSPS) is 34.2. The number of nitrogens with one attached hydrogen (secondary N) is 2. The number of ketones is 2. The predicted octanol–water partition coefficient (Wildman–Crippen LogP) is 5.17. The van der Waals surface area contributed by atoms with Crippen LogP contribution in [0.15, 0.2) is 65.4 Å². The van der Waals surface area contributed by atoms with E-state index in [0.717, 1.165) is 0 Å². The van der Waals surface area contributed by atoms with E-state index in [0.29, 0.717) is 58.0 Å². The van der Waals surface area contributed by atoms with Crippen LogP contribution < -0.4 is 5.32 Å². The predicted molar refractivity (Wildman–Crippen MR) is 214 cm³/mol. The SMILES string of the molecule is CC/C=C1\C2=C(C)C(=O)C[C@@]1(O)C#C/C=C\C#C[C@@H]2OC1OC(C)C(C)(C(=O)c2nccc3c2[nH]c2ccc(O)cc23)C(O)C1OC1CC(C)C(NC(C)C)CO1. The van der Waals surface area contributed by atoms with Crippen LogP contribution in [0, 0.1) is 35.0 Å². The number of allylic oxidation sites excluding steroid dienone is 4. The van der Waals surface area contributed by atoms with Crippen LogP contribution in [-0.4, -0.2) is 98.1 Å². The molecule has 2 aromatic heterocycles. The molecule has 3 aromatic rings. The lowest BCUT2D eigenvalue weighted by Crippen LogP contribution is -2.65. The Morgan fingerprint density at radius 3 is 2.68 bits per heavy atom. The highest BCUT2D eigenvalue weighted by Crippen LogP contribution is 2.45. The Kier molecular flexibility index (Phi) is 11.4. The summed E-state index contributed by atoms with van der Waals surface area (Å²) < 4.78 is 26.3. The van der Waals surface area contributed by atoms with Crippen LogP contribution in [0.4, 0.5) is 0 Å². The van der Waals surface area contributed by atoms with E-state index in [1.54, 1.807) is 45.0 Å². The van der Waals surface area contributed by atoms with Crippen molar-refractivity contribution in [3.63, 3.8) is 0 Å². The average molecular weight is 778 g/mol. The van der Waals surface area contributed by atoms with E-state index >= 15 is 0 Å². The largest absolute Gasteiger partial charge is 0.508 e. The molecule has 7 rings (SSSR count).